The molecular weight excluding hydrogens is 320 g/mol. The van der Waals surface area contributed by atoms with Crippen molar-refractivity contribution in [2.24, 2.45) is 0 Å². The molecule has 2 aromatic heterocycles. The summed E-state index contributed by atoms with van der Waals surface area (Å²) < 4.78 is 5.50. The minimum atomic E-state index is -0.542. The second-order valence-corrected chi connectivity index (χ2v) is 5.15. The van der Waals surface area contributed by atoms with E-state index in [9.17, 15) is 9.59 Å². The van der Waals surface area contributed by atoms with E-state index in [1.165, 1.54) is 6.07 Å². The highest BCUT2D eigenvalue weighted by molar-refractivity contribution is 5.94. The summed E-state index contributed by atoms with van der Waals surface area (Å²) in [5.74, 6) is 0.245. The Morgan fingerprint density at radius 1 is 1.12 bits per heavy atom. The van der Waals surface area contributed by atoms with Gasteiger partial charge in [-0.1, -0.05) is 18.2 Å². The Labute approximate surface area is 143 Å². The highest BCUT2D eigenvalue weighted by atomic mass is 16.5. The number of nitrogens with zero attached hydrogens (tertiary/aromatic N) is 2. The van der Waals surface area contributed by atoms with Gasteiger partial charge in [-0.05, 0) is 30.3 Å². The Morgan fingerprint density at radius 2 is 1.88 bits per heavy atom. The van der Waals surface area contributed by atoms with Crippen molar-refractivity contribution in [3.8, 4) is 17.0 Å². The molecule has 3 rings (SSSR count). The number of aromatic nitrogens is 3. The van der Waals surface area contributed by atoms with Crippen LogP contribution in [0.1, 0.15) is 10.4 Å². The summed E-state index contributed by atoms with van der Waals surface area (Å²) in [6.45, 7) is 0.579. The number of para-hydroxylation sites is 1. The second kappa shape index (κ2) is 7.87. The van der Waals surface area contributed by atoms with Crippen LogP contribution in [0.15, 0.2) is 65.7 Å². The van der Waals surface area contributed by atoms with Crippen molar-refractivity contribution in [1.29, 1.82) is 0 Å². The molecule has 2 heterocycles. The van der Waals surface area contributed by atoms with Crippen LogP contribution in [0.5, 0.6) is 5.75 Å². The van der Waals surface area contributed by atoms with Gasteiger partial charge in [0.15, 0.2) is 0 Å². The van der Waals surface area contributed by atoms with Crippen molar-refractivity contribution in [1.82, 2.24) is 20.5 Å². The number of carbonyl (C=O) groups is 1. The number of hydrogen-bond donors (Lipinski definition) is 2. The average Bonchev–Trinajstić information content (AvgIpc) is 2.67. The lowest BCUT2D eigenvalue weighted by atomic mass is 10.1. The molecule has 0 aliphatic rings. The van der Waals surface area contributed by atoms with Gasteiger partial charge in [0.2, 0.25) is 0 Å². The molecular formula is C18H16N4O3. The maximum Gasteiger partial charge on any atom is 0.277 e. The highest BCUT2D eigenvalue weighted by Gasteiger charge is 2.12. The molecule has 25 heavy (non-hydrogen) atoms. The van der Waals surface area contributed by atoms with Crippen molar-refractivity contribution < 1.29 is 9.53 Å². The van der Waals surface area contributed by atoms with E-state index in [1.807, 2.05) is 30.3 Å². The summed E-state index contributed by atoms with van der Waals surface area (Å²) in [6, 6.07) is 14.2. The Morgan fingerprint density at radius 3 is 2.64 bits per heavy atom. The van der Waals surface area contributed by atoms with Gasteiger partial charge in [0.25, 0.3) is 11.5 Å². The molecule has 1 aromatic carbocycles. The largest absolute Gasteiger partial charge is 0.492 e. The van der Waals surface area contributed by atoms with Gasteiger partial charge < -0.3 is 10.1 Å². The van der Waals surface area contributed by atoms with Gasteiger partial charge in [-0.2, -0.15) is 5.10 Å². The Bertz CT molecular complexity index is 895. The number of ether oxygens (including phenoxy) is 1. The number of amides is 1. The molecule has 0 bridgehead atoms. The van der Waals surface area contributed by atoms with Gasteiger partial charge >= 0.3 is 0 Å². The second-order valence-electron chi connectivity index (χ2n) is 5.15. The van der Waals surface area contributed by atoms with E-state index in [1.54, 1.807) is 24.5 Å². The van der Waals surface area contributed by atoms with E-state index in [0.717, 1.165) is 11.3 Å². The standard InChI is InChI=1S/C18H16N4O3/c23-17(20-10-11-25-14-4-2-1-3-5-14)15-12-16(21-22-18(15)24)13-6-8-19-9-7-13/h1-9,12H,10-11H2,(H,20,23)(H,22,24). The third-order valence-electron chi connectivity index (χ3n) is 3.42. The van der Waals surface area contributed by atoms with Crippen LogP contribution in [-0.2, 0) is 0 Å². The average molecular weight is 336 g/mol. The fourth-order valence-corrected chi connectivity index (χ4v) is 2.19. The number of H-pyrrole nitrogens is 1. The smallest absolute Gasteiger partial charge is 0.277 e. The van der Waals surface area contributed by atoms with E-state index < -0.39 is 11.5 Å². The number of aromatic amines is 1. The van der Waals surface area contributed by atoms with Crippen molar-refractivity contribution in [2.75, 3.05) is 13.2 Å². The van der Waals surface area contributed by atoms with E-state index in [2.05, 4.69) is 20.5 Å². The summed E-state index contributed by atoms with van der Waals surface area (Å²) >= 11 is 0. The van der Waals surface area contributed by atoms with Gasteiger partial charge in [0.1, 0.15) is 17.9 Å². The van der Waals surface area contributed by atoms with Gasteiger partial charge in [-0.3, -0.25) is 14.6 Å². The summed E-state index contributed by atoms with van der Waals surface area (Å²) in [6.07, 6.45) is 3.23. The summed E-state index contributed by atoms with van der Waals surface area (Å²) in [5.41, 5.74) is 0.709. The zero-order valence-corrected chi connectivity index (χ0v) is 13.3. The van der Waals surface area contributed by atoms with Crippen LogP contribution in [-0.4, -0.2) is 34.2 Å². The number of carbonyl (C=O) groups excluding carboxylic acids is 1. The van der Waals surface area contributed by atoms with E-state index in [0.29, 0.717) is 12.3 Å². The molecule has 0 saturated carbocycles. The molecule has 0 saturated heterocycles. The topological polar surface area (TPSA) is 97.0 Å². The molecule has 2 N–H and O–H groups in total. The molecule has 7 nitrogen and oxygen atoms in total. The zero-order valence-electron chi connectivity index (χ0n) is 13.3. The molecule has 126 valence electrons. The minimum Gasteiger partial charge on any atom is -0.492 e. The van der Waals surface area contributed by atoms with Crippen LogP contribution in [0.4, 0.5) is 0 Å². The van der Waals surface area contributed by atoms with Crippen LogP contribution in [0.2, 0.25) is 0 Å². The van der Waals surface area contributed by atoms with Gasteiger partial charge in [0.05, 0.1) is 12.2 Å². The maximum atomic E-state index is 12.2. The normalized spacial score (nSPS) is 10.2. The van der Waals surface area contributed by atoms with Crippen molar-refractivity contribution in [3.05, 3.63) is 76.8 Å². The molecule has 0 unspecified atom stereocenters. The first-order valence-electron chi connectivity index (χ1n) is 7.70. The van der Waals surface area contributed by atoms with Crippen molar-refractivity contribution in [2.45, 2.75) is 0 Å². The van der Waals surface area contributed by atoms with Gasteiger partial charge in [-0.15, -0.1) is 0 Å². The molecule has 0 aliphatic heterocycles. The first-order chi connectivity index (χ1) is 12.2. The Kier molecular flexibility index (Phi) is 5.16. The molecule has 0 fully saturated rings. The van der Waals surface area contributed by atoms with E-state index in [-0.39, 0.29) is 12.1 Å². The quantitative estimate of drug-likeness (QED) is 0.667. The number of hydrogen-bond acceptors (Lipinski definition) is 5. The number of rotatable bonds is 6. The molecule has 1 amide bonds. The zero-order chi connectivity index (χ0) is 17.5. The van der Waals surface area contributed by atoms with Gasteiger partial charge in [0, 0.05) is 18.0 Å². The van der Waals surface area contributed by atoms with Crippen molar-refractivity contribution in [3.63, 3.8) is 0 Å². The van der Waals surface area contributed by atoms with Crippen molar-refractivity contribution >= 4 is 5.91 Å². The third kappa shape index (κ3) is 4.29. The fraction of sp³-hybridized carbons (Fsp3) is 0.111. The summed E-state index contributed by atoms with van der Waals surface area (Å²) in [5, 5.41) is 8.97. The number of benzene rings is 1. The fourth-order valence-electron chi connectivity index (χ4n) is 2.19. The predicted molar refractivity (Wildman–Crippen MR) is 92.4 cm³/mol. The predicted octanol–water partition coefficient (Wildman–Crippen LogP) is 1.64. The van der Waals surface area contributed by atoms with Crippen LogP contribution in [0, 0.1) is 0 Å². The SMILES string of the molecule is O=C(NCCOc1ccccc1)c1cc(-c2ccncc2)n[nH]c1=O. The van der Waals surface area contributed by atoms with E-state index >= 15 is 0 Å². The lowest BCUT2D eigenvalue weighted by molar-refractivity contribution is 0.0945. The third-order valence-corrected chi connectivity index (χ3v) is 3.42. The lowest BCUT2D eigenvalue weighted by Gasteiger charge is -2.08. The Hall–Kier alpha value is -3.48. The molecule has 0 spiro atoms. The molecule has 0 atom stereocenters. The first-order valence-corrected chi connectivity index (χ1v) is 7.70. The summed E-state index contributed by atoms with van der Waals surface area (Å²) in [7, 11) is 0. The number of nitrogens with one attached hydrogen (secondary N) is 2. The molecule has 0 aliphatic carbocycles. The Balaban J connectivity index is 1.63. The van der Waals surface area contributed by atoms with Crippen LogP contribution >= 0.6 is 0 Å². The monoisotopic (exact) mass is 336 g/mol. The summed E-state index contributed by atoms with van der Waals surface area (Å²) in [4.78, 5) is 28.0. The maximum absolute atomic E-state index is 12.2. The van der Waals surface area contributed by atoms with Crippen LogP contribution in [0.25, 0.3) is 11.3 Å². The van der Waals surface area contributed by atoms with E-state index in [4.69, 9.17) is 4.74 Å². The first kappa shape index (κ1) is 16.4. The van der Waals surface area contributed by atoms with Crippen LogP contribution < -0.4 is 15.6 Å². The van der Waals surface area contributed by atoms with Gasteiger partial charge in [-0.25, -0.2) is 5.10 Å². The molecule has 7 heteroatoms. The number of pyridine rings is 1. The van der Waals surface area contributed by atoms with Crippen LogP contribution in [0.3, 0.4) is 0 Å². The molecule has 3 aromatic rings. The minimum absolute atomic E-state index is 0.00141. The lowest BCUT2D eigenvalue weighted by Crippen LogP contribution is -2.32. The highest BCUT2D eigenvalue weighted by Crippen LogP contribution is 2.14. The molecule has 0 radical (unpaired) electrons.